The van der Waals surface area contributed by atoms with Crippen LogP contribution in [0.1, 0.15) is 38.1 Å². The first-order chi connectivity index (χ1) is 7.46. The molecular formula is C13H23N3. The van der Waals surface area contributed by atoms with E-state index in [1.54, 1.807) is 0 Å². The predicted octanol–water partition coefficient (Wildman–Crippen LogP) is 2.28. The van der Waals surface area contributed by atoms with Crippen LogP contribution in [0.2, 0.25) is 0 Å². The second-order valence-corrected chi connectivity index (χ2v) is 5.90. The maximum atomic E-state index is 4.53. The summed E-state index contributed by atoms with van der Waals surface area (Å²) in [5, 5.41) is 8.13. The highest BCUT2D eigenvalue weighted by Crippen LogP contribution is 2.23. The zero-order valence-electron chi connectivity index (χ0n) is 10.9. The fraction of sp³-hybridized carbons (Fsp3) is 0.769. The number of hydrogen-bond acceptors (Lipinski definition) is 2. The predicted molar refractivity (Wildman–Crippen MR) is 66.5 cm³/mol. The van der Waals surface area contributed by atoms with Crippen LogP contribution >= 0.6 is 0 Å². The monoisotopic (exact) mass is 221 g/mol. The summed E-state index contributed by atoms with van der Waals surface area (Å²) < 4.78 is 2.13. The molecule has 0 saturated heterocycles. The molecule has 1 N–H and O–H groups in total. The molecule has 0 bridgehead atoms. The van der Waals surface area contributed by atoms with Crippen LogP contribution in [0.4, 0.5) is 0 Å². The number of nitrogens with zero attached hydrogens (tertiary/aromatic N) is 2. The van der Waals surface area contributed by atoms with E-state index in [0.717, 1.165) is 24.8 Å². The Labute approximate surface area is 98.2 Å². The van der Waals surface area contributed by atoms with Gasteiger partial charge in [-0.25, -0.2) is 0 Å². The van der Waals surface area contributed by atoms with Gasteiger partial charge in [-0.1, -0.05) is 13.8 Å². The van der Waals surface area contributed by atoms with Gasteiger partial charge in [-0.05, 0) is 38.2 Å². The number of aromatic nitrogens is 2. The normalized spacial score (nSPS) is 16.8. The Balaban J connectivity index is 1.92. The van der Waals surface area contributed by atoms with Crippen LogP contribution in [0.3, 0.4) is 0 Å². The van der Waals surface area contributed by atoms with E-state index in [2.05, 4.69) is 48.9 Å². The molecule has 0 aliphatic heterocycles. The molecule has 1 aromatic heterocycles. The van der Waals surface area contributed by atoms with Crippen LogP contribution in [0.15, 0.2) is 6.07 Å². The van der Waals surface area contributed by atoms with E-state index in [-0.39, 0.29) is 5.41 Å². The molecule has 1 fully saturated rings. The second kappa shape index (κ2) is 4.21. The van der Waals surface area contributed by atoms with E-state index >= 15 is 0 Å². The minimum Gasteiger partial charge on any atom is -0.313 e. The quantitative estimate of drug-likeness (QED) is 0.826. The molecular weight excluding hydrogens is 198 g/mol. The summed E-state index contributed by atoms with van der Waals surface area (Å²) in [4.78, 5) is 0. The minimum atomic E-state index is 0.270. The summed E-state index contributed by atoms with van der Waals surface area (Å²) in [5.41, 5.74) is 2.65. The van der Waals surface area contributed by atoms with Gasteiger partial charge in [-0.15, -0.1) is 0 Å². The summed E-state index contributed by atoms with van der Waals surface area (Å²) in [6.45, 7) is 10.9. The molecule has 1 aliphatic rings. The van der Waals surface area contributed by atoms with Crippen molar-refractivity contribution in [3.63, 3.8) is 0 Å². The van der Waals surface area contributed by atoms with Gasteiger partial charge in [0.05, 0.1) is 5.69 Å². The minimum absolute atomic E-state index is 0.270. The standard InChI is InChI=1S/C13H23N3/c1-10-7-11(2)16(15-10)9-13(3,4)8-14-12-5-6-12/h7,12,14H,5-6,8-9H2,1-4H3. The third-order valence-electron chi connectivity index (χ3n) is 3.13. The van der Waals surface area contributed by atoms with Gasteiger partial charge in [0.1, 0.15) is 0 Å². The molecule has 0 radical (unpaired) electrons. The molecule has 3 nitrogen and oxygen atoms in total. The van der Waals surface area contributed by atoms with Gasteiger partial charge >= 0.3 is 0 Å². The molecule has 0 spiro atoms. The highest BCUT2D eigenvalue weighted by atomic mass is 15.3. The van der Waals surface area contributed by atoms with Gasteiger partial charge in [0.15, 0.2) is 0 Å². The van der Waals surface area contributed by atoms with E-state index in [4.69, 9.17) is 0 Å². The van der Waals surface area contributed by atoms with Crippen LogP contribution in [-0.4, -0.2) is 22.4 Å². The van der Waals surface area contributed by atoms with Crippen molar-refractivity contribution in [2.45, 2.75) is 53.1 Å². The van der Waals surface area contributed by atoms with Crippen LogP contribution in [0.5, 0.6) is 0 Å². The maximum Gasteiger partial charge on any atom is 0.0596 e. The highest BCUT2D eigenvalue weighted by Gasteiger charge is 2.26. The Morgan fingerprint density at radius 2 is 2.12 bits per heavy atom. The summed E-state index contributed by atoms with van der Waals surface area (Å²) in [7, 11) is 0. The molecule has 90 valence electrons. The third-order valence-corrected chi connectivity index (χ3v) is 3.13. The molecule has 1 heterocycles. The van der Waals surface area contributed by atoms with E-state index < -0.39 is 0 Å². The smallest absolute Gasteiger partial charge is 0.0596 e. The van der Waals surface area contributed by atoms with Crippen LogP contribution in [-0.2, 0) is 6.54 Å². The largest absolute Gasteiger partial charge is 0.313 e. The summed E-state index contributed by atoms with van der Waals surface area (Å²) in [6, 6.07) is 2.93. The number of nitrogens with one attached hydrogen (secondary N) is 1. The van der Waals surface area contributed by atoms with Crippen molar-refractivity contribution >= 4 is 0 Å². The Hall–Kier alpha value is -0.830. The van der Waals surface area contributed by atoms with E-state index in [1.807, 2.05) is 0 Å². The summed E-state index contributed by atoms with van der Waals surface area (Å²) in [6.07, 6.45) is 2.71. The number of rotatable bonds is 5. The Morgan fingerprint density at radius 1 is 1.44 bits per heavy atom. The van der Waals surface area contributed by atoms with Gasteiger partial charge in [0.2, 0.25) is 0 Å². The van der Waals surface area contributed by atoms with Crippen molar-refractivity contribution in [3.8, 4) is 0 Å². The van der Waals surface area contributed by atoms with Crippen LogP contribution in [0.25, 0.3) is 0 Å². The van der Waals surface area contributed by atoms with Crippen molar-refractivity contribution < 1.29 is 0 Å². The Kier molecular flexibility index (Phi) is 3.06. The Bertz CT molecular complexity index is 361. The Morgan fingerprint density at radius 3 is 2.62 bits per heavy atom. The van der Waals surface area contributed by atoms with Crippen molar-refractivity contribution in [3.05, 3.63) is 17.5 Å². The average molecular weight is 221 g/mol. The molecule has 1 aliphatic carbocycles. The molecule has 0 unspecified atom stereocenters. The highest BCUT2D eigenvalue weighted by molar-refractivity contribution is 5.06. The van der Waals surface area contributed by atoms with Gasteiger partial charge < -0.3 is 5.32 Å². The SMILES string of the molecule is Cc1cc(C)n(CC(C)(C)CNC2CC2)n1. The molecule has 3 heteroatoms. The topological polar surface area (TPSA) is 29.9 Å². The molecule has 2 rings (SSSR count). The first-order valence-electron chi connectivity index (χ1n) is 6.21. The molecule has 1 saturated carbocycles. The summed E-state index contributed by atoms with van der Waals surface area (Å²) >= 11 is 0. The molecule has 0 aromatic carbocycles. The van der Waals surface area contributed by atoms with Gasteiger partial charge in [0, 0.05) is 24.8 Å². The zero-order chi connectivity index (χ0) is 11.8. The van der Waals surface area contributed by atoms with Crippen molar-refractivity contribution in [2.75, 3.05) is 6.54 Å². The van der Waals surface area contributed by atoms with Crippen molar-refractivity contribution in [2.24, 2.45) is 5.41 Å². The lowest BCUT2D eigenvalue weighted by molar-refractivity contribution is 0.272. The van der Waals surface area contributed by atoms with Crippen molar-refractivity contribution in [1.29, 1.82) is 0 Å². The first kappa shape index (κ1) is 11.6. The molecule has 0 amide bonds. The fourth-order valence-electron chi connectivity index (χ4n) is 2.00. The third kappa shape index (κ3) is 3.08. The van der Waals surface area contributed by atoms with E-state index in [9.17, 15) is 0 Å². The number of hydrogen-bond donors (Lipinski definition) is 1. The average Bonchev–Trinajstić information content (AvgIpc) is 2.92. The fourth-order valence-corrected chi connectivity index (χ4v) is 2.00. The van der Waals surface area contributed by atoms with E-state index in [0.29, 0.717) is 0 Å². The maximum absolute atomic E-state index is 4.53. The second-order valence-electron chi connectivity index (χ2n) is 5.90. The van der Waals surface area contributed by atoms with E-state index in [1.165, 1.54) is 18.5 Å². The van der Waals surface area contributed by atoms with Gasteiger partial charge in [-0.3, -0.25) is 4.68 Å². The lowest BCUT2D eigenvalue weighted by Gasteiger charge is -2.25. The zero-order valence-corrected chi connectivity index (χ0v) is 10.9. The van der Waals surface area contributed by atoms with Gasteiger partial charge in [0.25, 0.3) is 0 Å². The lowest BCUT2D eigenvalue weighted by atomic mass is 9.93. The van der Waals surface area contributed by atoms with Crippen LogP contribution < -0.4 is 5.32 Å². The lowest BCUT2D eigenvalue weighted by Crippen LogP contribution is -2.34. The van der Waals surface area contributed by atoms with Crippen molar-refractivity contribution in [1.82, 2.24) is 15.1 Å². The van der Waals surface area contributed by atoms with Gasteiger partial charge in [-0.2, -0.15) is 5.10 Å². The van der Waals surface area contributed by atoms with Crippen LogP contribution in [0, 0.1) is 19.3 Å². The molecule has 16 heavy (non-hydrogen) atoms. The molecule has 0 atom stereocenters. The molecule has 1 aromatic rings. The number of aryl methyl sites for hydroxylation is 2. The first-order valence-corrected chi connectivity index (χ1v) is 6.21. The summed E-state index contributed by atoms with van der Waals surface area (Å²) in [5.74, 6) is 0.